The van der Waals surface area contributed by atoms with Crippen LogP contribution in [-0.2, 0) is 9.84 Å². The summed E-state index contributed by atoms with van der Waals surface area (Å²) < 4.78 is 62.1. The van der Waals surface area contributed by atoms with E-state index in [0.29, 0.717) is 29.3 Å². The fourth-order valence-electron chi connectivity index (χ4n) is 2.56. The fourth-order valence-corrected chi connectivity index (χ4v) is 3.32. The summed E-state index contributed by atoms with van der Waals surface area (Å²) in [5.41, 5.74) is -5.13. The SMILES string of the molecule is C[C@@H](NC(=O)c1ccc(S(=O)(=O)C(F)(F)F)cc1)c1ncnn1-c1ccc(C#N)cn1.S. The molecule has 0 bridgehead atoms. The predicted octanol–water partition coefficient (Wildman–Crippen LogP) is 2.43. The van der Waals surface area contributed by atoms with Gasteiger partial charge in [0.15, 0.2) is 11.6 Å². The number of rotatable bonds is 5. The molecule has 1 atom stereocenters. The molecule has 0 saturated carbocycles. The van der Waals surface area contributed by atoms with Crippen molar-refractivity contribution in [2.75, 3.05) is 0 Å². The van der Waals surface area contributed by atoms with Crippen molar-refractivity contribution in [2.24, 2.45) is 0 Å². The van der Waals surface area contributed by atoms with E-state index in [9.17, 15) is 26.4 Å². The van der Waals surface area contributed by atoms with Crippen LogP contribution in [0.3, 0.4) is 0 Å². The molecule has 0 spiro atoms. The minimum Gasteiger partial charge on any atom is -0.342 e. The topological polar surface area (TPSA) is 131 Å². The summed E-state index contributed by atoms with van der Waals surface area (Å²) in [5.74, 6) is 0.00179. The average molecular weight is 484 g/mol. The van der Waals surface area contributed by atoms with Crippen LogP contribution in [0, 0.1) is 11.3 Å². The third-order valence-corrected chi connectivity index (χ3v) is 5.64. The highest BCUT2D eigenvalue weighted by molar-refractivity contribution is 7.92. The summed E-state index contributed by atoms with van der Waals surface area (Å²) in [6.07, 6.45) is 2.59. The van der Waals surface area contributed by atoms with E-state index in [1.165, 1.54) is 23.3 Å². The predicted molar refractivity (Wildman–Crippen MR) is 110 cm³/mol. The van der Waals surface area contributed by atoms with Gasteiger partial charge < -0.3 is 5.32 Å². The number of sulfone groups is 1. The molecule has 0 unspecified atom stereocenters. The van der Waals surface area contributed by atoms with Crippen LogP contribution in [0.15, 0.2) is 53.8 Å². The number of hydrogen-bond acceptors (Lipinski definition) is 7. The number of carbonyl (C=O) groups is 1. The summed E-state index contributed by atoms with van der Waals surface area (Å²) in [6, 6.07) is 7.72. The number of benzene rings is 1. The molecule has 168 valence electrons. The van der Waals surface area contributed by atoms with Crippen LogP contribution in [0.25, 0.3) is 5.82 Å². The molecule has 2 aromatic heterocycles. The largest absolute Gasteiger partial charge is 0.501 e. The number of pyridine rings is 1. The molecule has 0 fully saturated rings. The Morgan fingerprint density at radius 2 is 1.81 bits per heavy atom. The first-order valence-corrected chi connectivity index (χ1v) is 10.0. The second-order valence-corrected chi connectivity index (χ2v) is 8.16. The molecule has 1 amide bonds. The van der Waals surface area contributed by atoms with Gasteiger partial charge in [-0.1, -0.05) is 0 Å². The molecule has 0 aliphatic heterocycles. The molecular weight excluding hydrogens is 469 g/mol. The summed E-state index contributed by atoms with van der Waals surface area (Å²) in [4.78, 5) is 19.7. The summed E-state index contributed by atoms with van der Waals surface area (Å²) in [7, 11) is -5.50. The first kappa shape index (κ1) is 24.8. The smallest absolute Gasteiger partial charge is 0.342 e. The van der Waals surface area contributed by atoms with Crippen molar-refractivity contribution in [3.05, 3.63) is 65.9 Å². The average Bonchev–Trinajstić information content (AvgIpc) is 3.23. The quantitative estimate of drug-likeness (QED) is 0.588. The van der Waals surface area contributed by atoms with Gasteiger partial charge in [-0.05, 0) is 43.3 Å². The Morgan fingerprint density at radius 3 is 2.34 bits per heavy atom. The molecule has 0 aliphatic rings. The second-order valence-electron chi connectivity index (χ2n) is 6.22. The van der Waals surface area contributed by atoms with Gasteiger partial charge in [0.05, 0.1) is 16.5 Å². The highest BCUT2D eigenvalue weighted by Gasteiger charge is 2.46. The van der Waals surface area contributed by atoms with Crippen molar-refractivity contribution in [1.82, 2.24) is 25.1 Å². The number of hydrogen-bond donors (Lipinski definition) is 1. The Bertz CT molecular complexity index is 1250. The number of alkyl halides is 3. The van der Waals surface area contributed by atoms with E-state index < -0.39 is 32.2 Å². The maximum Gasteiger partial charge on any atom is 0.501 e. The highest BCUT2D eigenvalue weighted by Crippen LogP contribution is 2.30. The van der Waals surface area contributed by atoms with E-state index in [0.717, 1.165) is 12.1 Å². The number of halogens is 3. The van der Waals surface area contributed by atoms with E-state index in [4.69, 9.17) is 5.26 Å². The minimum absolute atomic E-state index is 0. The molecule has 3 rings (SSSR count). The van der Waals surface area contributed by atoms with Crippen molar-refractivity contribution in [2.45, 2.75) is 23.4 Å². The lowest BCUT2D eigenvalue weighted by molar-refractivity contribution is -0.0436. The van der Waals surface area contributed by atoms with E-state index in [1.54, 1.807) is 13.0 Å². The maximum atomic E-state index is 12.6. The zero-order valence-corrected chi connectivity index (χ0v) is 18.0. The molecule has 32 heavy (non-hydrogen) atoms. The number of nitrogens with one attached hydrogen (secondary N) is 1. The lowest BCUT2D eigenvalue weighted by Gasteiger charge is -2.14. The van der Waals surface area contributed by atoms with Crippen LogP contribution in [0.4, 0.5) is 13.2 Å². The minimum atomic E-state index is -5.50. The third kappa shape index (κ3) is 4.89. The fraction of sp³-hybridized carbons (Fsp3) is 0.167. The zero-order valence-electron chi connectivity index (χ0n) is 16.2. The molecule has 1 aromatic carbocycles. The maximum absolute atomic E-state index is 12.6. The number of amides is 1. The van der Waals surface area contributed by atoms with Crippen molar-refractivity contribution >= 4 is 29.2 Å². The van der Waals surface area contributed by atoms with Crippen LogP contribution < -0.4 is 5.32 Å². The van der Waals surface area contributed by atoms with Gasteiger partial charge in [0.2, 0.25) is 0 Å². The van der Waals surface area contributed by atoms with Crippen LogP contribution >= 0.6 is 13.5 Å². The Labute approximate surface area is 187 Å². The standard InChI is InChI=1S/C18H13F3N6O3S.H2S/c1-11(16-24-10-25-27(16)15-7-2-12(8-22)9-23-15)26-17(28)13-3-5-14(6-4-13)31(29,30)18(19,20)21;/h2-7,9-11H,1H3,(H,26,28);1H2/t11-;/m1./s1. The second kappa shape index (κ2) is 9.37. The number of aromatic nitrogens is 4. The third-order valence-electron chi connectivity index (χ3n) is 4.13. The van der Waals surface area contributed by atoms with Gasteiger partial charge in [-0.2, -0.15) is 41.7 Å². The molecule has 0 saturated heterocycles. The Morgan fingerprint density at radius 1 is 1.16 bits per heavy atom. The molecular formula is C18H15F3N6O3S2. The van der Waals surface area contributed by atoms with Crippen LogP contribution in [0.5, 0.6) is 0 Å². The molecule has 9 nitrogen and oxygen atoms in total. The van der Waals surface area contributed by atoms with Gasteiger partial charge in [-0.3, -0.25) is 4.79 Å². The first-order chi connectivity index (χ1) is 14.5. The highest BCUT2D eigenvalue weighted by atomic mass is 32.2. The van der Waals surface area contributed by atoms with Crippen molar-refractivity contribution < 1.29 is 26.4 Å². The zero-order chi connectivity index (χ0) is 22.8. The Hall–Kier alpha value is -3.44. The summed E-state index contributed by atoms with van der Waals surface area (Å²) >= 11 is 0. The van der Waals surface area contributed by atoms with E-state index >= 15 is 0 Å². The normalized spacial score (nSPS) is 12.3. The van der Waals surface area contributed by atoms with Crippen molar-refractivity contribution in [1.29, 1.82) is 5.26 Å². The molecule has 14 heteroatoms. The van der Waals surface area contributed by atoms with Crippen LogP contribution in [0.2, 0.25) is 0 Å². The Balaban J connectivity index is 0.00000363. The van der Waals surface area contributed by atoms with Crippen molar-refractivity contribution in [3.8, 4) is 11.9 Å². The lowest BCUT2D eigenvalue weighted by atomic mass is 10.2. The summed E-state index contributed by atoms with van der Waals surface area (Å²) in [5, 5.41) is 15.5. The number of nitriles is 1. The Kier molecular flexibility index (Phi) is 7.27. The van der Waals surface area contributed by atoms with Gasteiger partial charge in [0, 0.05) is 11.8 Å². The van der Waals surface area contributed by atoms with E-state index in [1.807, 2.05) is 6.07 Å². The van der Waals surface area contributed by atoms with Crippen molar-refractivity contribution in [3.63, 3.8) is 0 Å². The summed E-state index contributed by atoms with van der Waals surface area (Å²) in [6.45, 7) is 1.60. The molecule has 1 N–H and O–H groups in total. The number of carbonyl (C=O) groups excluding carboxylic acids is 1. The van der Waals surface area contributed by atoms with E-state index in [2.05, 4.69) is 20.4 Å². The van der Waals surface area contributed by atoms with Crippen LogP contribution in [0.1, 0.15) is 34.7 Å². The monoisotopic (exact) mass is 484 g/mol. The molecule has 3 aromatic rings. The lowest BCUT2D eigenvalue weighted by Crippen LogP contribution is -2.29. The van der Waals surface area contributed by atoms with E-state index in [-0.39, 0.29) is 19.1 Å². The van der Waals surface area contributed by atoms with Gasteiger partial charge in [-0.15, -0.1) is 0 Å². The first-order valence-electron chi connectivity index (χ1n) is 8.53. The molecule has 0 radical (unpaired) electrons. The molecule has 2 heterocycles. The van der Waals surface area contributed by atoms with Gasteiger partial charge >= 0.3 is 5.51 Å². The molecule has 0 aliphatic carbocycles. The van der Waals surface area contributed by atoms with Crippen LogP contribution in [-0.4, -0.2) is 39.6 Å². The van der Waals surface area contributed by atoms with Gasteiger partial charge in [0.25, 0.3) is 15.7 Å². The van der Waals surface area contributed by atoms with Gasteiger partial charge in [-0.25, -0.2) is 18.4 Å². The van der Waals surface area contributed by atoms with Gasteiger partial charge in [0.1, 0.15) is 12.4 Å². The number of nitrogens with zero attached hydrogens (tertiary/aromatic N) is 5.